The molecule has 0 unspecified atom stereocenters. The topological polar surface area (TPSA) is 93.5 Å². The summed E-state index contributed by atoms with van der Waals surface area (Å²) in [5.41, 5.74) is 8.51. The summed E-state index contributed by atoms with van der Waals surface area (Å²) in [6.07, 6.45) is 2.49. The van der Waals surface area contributed by atoms with Crippen molar-refractivity contribution in [3.63, 3.8) is 0 Å². The number of para-hydroxylation sites is 1. The number of rotatable bonds is 2. The van der Waals surface area contributed by atoms with Crippen molar-refractivity contribution in [2.75, 3.05) is 18.1 Å². The molecular weight excluding hydrogens is 332 g/mol. The van der Waals surface area contributed by atoms with Crippen molar-refractivity contribution in [2.45, 2.75) is 18.6 Å². The zero-order chi connectivity index (χ0) is 17.7. The Morgan fingerprint density at radius 1 is 1.27 bits per heavy atom. The van der Waals surface area contributed by atoms with E-state index in [0.29, 0.717) is 24.7 Å². The quantitative estimate of drug-likeness (QED) is 0.740. The second-order valence-corrected chi connectivity index (χ2v) is 6.57. The molecule has 1 fully saturated rings. The average Bonchev–Trinajstić information content (AvgIpc) is 3.11. The first kappa shape index (κ1) is 15.2. The summed E-state index contributed by atoms with van der Waals surface area (Å²) >= 11 is 0. The third-order valence-electron chi connectivity index (χ3n) is 5.03. The van der Waals surface area contributed by atoms with Gasteiger partial charge in [0.25, 0.3) is 5.91 Å². The molecule has 0 bridgehead atoms. The van der Waals surface area contributed by atoms with Crippen LogP contribution in [0.4, 0.5) is 11.4 Å². The number of hydrogen-bond acceptors (Lipinski definition) is 5. The molecule has 7 heteroatoms. The highest BCUT2D eigenvalue weighted by molar-refractivity contribution is 6.00. The van der Waals surface area contributed by atoms with Gasteiger partial charge in [-0.25, -0.2) is 0 Å². The van der Waals surface area contributed by atoms with Gasteiger partial charge in [-0.2, -0.15) is 4.98 Å². The van der Waals surface area contributed by atoms with E-state index in [1.165, 1.54) is 0 Å². The van der Waals surface area contributed by atoms with E-state index in [2.05, 4.69) is 14.9 Å². The third-order valence-corrected chi connectivity index (χ3v) is 5.03. The number of H-pyrrole nitrogens is 1. The fourth-order valence-corrected chi connectivity index (χ4v) is 3.84. The van der Waals surface area contributed by atoms with Crippen molar-refractivity contribution in [1.82, 2.24) is 9.97 Å². The van der Waals surface area contributed by atoms with Crippen molar-refractivity contribution < 1.29 is 14.3 Å². The van der Waals surface area contributed by atoms with Crippen LogP contribution in [-0.2, 0) is 4.74 Å². The van der Waals surface area contributed by atoms with E-state index in [4.69, 9.17) is 15.2 Å². The number of hydrogen-bond donors (Lipinski definition) is 2. The number of carbonyl (C=O) groups is 1. The minimum Gasteiger partial charge on any atom is -0.468 e. The standard InChI is InChI=1S/C19H18N4O3/c20-17(24)12-3-1-2-4-13(12)23-14-6-8-25-10-16(14)26-19-15(23)9-11-5-7-21-18(11)22-19/h1-5,7,9,14,16H,6,8,10H2,(H2,20,24)(H,21,22)/t14-,16-/m0/s1. The molecule has 3 N–H and O–H groups in total. The molecule has 26 heavy (non-hydrogen) atoms. The zero-order valence-electron chi connectivity index (χ0n) is 14.0. The van der Waals surface area contributed by atoms with Gasteiger partial charge in [0.1, 0.15) is 17.4 Å². The number of nitrogens with zero attached hydrogens (tertiary/aromatic N) is 2. The van der Waals surface area contributed by atoms with Crippen molar-refractivity contribution in [2.24, 2.45) is 5.73 Å². The summed E-state index contributed by atoms with van der Waals surface area (Å²) in [4.78, 5) is 21.9. The maximum absolute atomic E-state index is 12.0. The number of nitrogens with one attached hydrogen (secondary N) is 1. The average molecular weight is 350 g/mol. The van der Waals surface area contributed by atoms with Crippen LogP contribution in [-0.4, -0.2) is 41.2 Å². The molecule has 2 atom stereocenters. The Morgan fingerprint density at radius 3 is 3.04 bits per heavy atom. The summed E-state index contributed by atoms with van der Waals surface area (Å²) in [6, 6.07) is 11.5. The van der Waals surface area contributed by atoms with Crippen LogP contribution < -0.4 is 15.4 Å². The molecule has 0 radical (unpaired) electrons. The molecule has 0 aliphatic carbocycles. The highest BCUT2D eigenvalue weighted by Crippen LogP contribution is 2.44. The molecule has 2 aliphatic rings. The lowest BCUT2D eigenvalue weighted by Crippen LogP contribution is -2.53. The smallest absolute Gasteiger partial charge is 0.250 e. The Balaban J connectivity index is 1.75. The Hall–Kier alpha value is -3.06. The van der Waals surface area contributed by atoms with E-state index >= 15 is 0 Å². The molecule has 4 heterocycles. The van der Waals surface area contributed by atoms with Gasteiger partial charge in [-0.15, -0.1) is 0 Å². The number of ether oxygens (including phenoxy) is 2. The molecule has 132 valence electrons. The van der Waals surface area contributed by atoms with Crippen LogP contribution in [0.5, 0.6) is 5.88 Å². The summed E-state index contributed by atoms with van der Waals surface area (Å²) in [7, 11) is 0. The van der Waals surface area contributed by atoms with Gasteiger partial charge in [-0.3, -0.25) is 4.79 Å². The van der Waals surface area contributed by atoms with Gasteiger partial charge < -0.3 is 25.1 Å². The molecule has 0 saturated carbocycles. The Morgan fingerprint density at radius 2 is 2.15 bits per heavy atom. The van der Waals surface area contributed by atoms with Gasteiger partial charge in [0.15, 0.2) is 0 Å². The maximum atomic E-state index is 12.0. The minimum atomic E-state index is -0.451. The van der Waals surface area contributed by atoms with Crippen LogP contribution in [0.1, 0.15) is 16.8 Å². The van der Waals surface area contributed by atoms with Gasteiger partial charge in [0, 0.05) is 18.2 Å². The fourth-order valence-electron chi connectivity index (χ4n) is 3.84. The predicted octanol–water partition coefficient (Wildman–Crippen LogP) is 2.35. The number of anilines is 2. The molecule has 0 spiro atoms. The highest BCUT2D eigenvalue weighted by atomic mass is 16.5. The second-order valence-electron chi connectivity index (χ2n) is 6.57. The highest BCUT2D eigenvalue weighted by Gasteiger charge is 2.40. The molecule has 1 saturated heterocycles. The van der Waals surface area contributed by atoms with Gasteiger partial charge in [0.2, 0.25) is 5.88 Å². The van der Waals surface area contributed by atoms with E-state index in [1.54, 1.807) is 6.07 Å². The SMILES string of the molecule is NC(=O)c1ccccc1N1c2cc3cc[nH]c3nc2O[C@H]2COCC[C@@H]21. The van der Waals surface area contributed by atoms with Gasteiger partial charge in [0.05, 0.1) is 23.9 Å². The lowest BCUT2D eigenvalue weighted by molar-refractivity contribution is -0.0126. The van der Waals surface area contributed by atoms with E-state index in [0.717, 1.165) is 28.8 Å². The Kier molecular flexibility index (Phi) is 3.36. The lowest BCUT2D eigenvalue weighted by Gasteiger charge is -2.45. The van der Waals surface area contributed by atoms with Crippen LogP contribution >= 0.6 is 0 Å². The van der Waals surface area contributed by atoms with Crippen LogP contribution in [0, 0.1) is 0 Å². The van der Waals surface area contributed by atoms with Crippen LogP contribution in [0.3, 0.4) is 0 Å². The molecule has 7 nitrogen and oxygen atoms in total. The molecule has 2 aromatic heterocycles. The molecule has 1 aromatic carbocycles. The van der Waals surface area contributed by atoms with Gasteiger partial charge >= 0.3 is 0 Å². The first-order valence-corrected chi connectivity index (χ1v) is 8.63. The maximum Gasteiger partial charge on any atom is 0.250 e. The molecule has 1 amide bonds. The number of amides is 1. The Bertz CT molecular complexity index is 999. The van der Waals surface area contributed by atoms with Crippen LogP contribution in [0.25, 0.3) is 11.0 Å². The van der Waals surface area contributed by atoms with E-state index in [-0.39, 0.29) is 12.1 Å². The van der Waals surface area contributed by atoms with Gasteiger partial charge in [-0.1, -0.05) is 12.1 Å². The predicted molar refractivity (Wildman–Crippen MR) is 96.8 cm³/mol. The number of benzene rings is 1. The zero-order valence-corrected chi connectivity index (χ0v) is 14.0. The van der Waals surface area contributed by atoms with E-state index in [1.807, 2.05) is 36.5 Å². The van der Waals surface area contributed by atoms with Crippen LogP contribution in [0.15, 0.2) is 42.6 Å². The first-order valence-electron chi connectivity index (χ1n) is 8.63. The van der Waals surface area contributed by atoms with E-state index in [9.17, 15) is 4.79 Å². The lowest BCUT2D eigenvalue weighted by atomic mass is 9.98. The number of primary amides is 1. The number of fused-ring (bicyclic) bond motifs is 3. The van der Waals surface area contributed by atoms with Crippen molar-refractivity contribution in [3.05, 3.63) is 48.2 Å². The number of aromatic amines is 1. The number of carbonyl (C=O) groups excluding carboxylic acids is 1. The van der Waals surface area contributed by atoms with Crippen molar-refractivity contribution in [1.29, 1.82) is 0 Å². The monoisotopic (exact) mass is 350 g/mol. The molecule has 5 rings (SSSR count). The third kappa shape index (κ3) is 2.24. The fraction of sp³-hybridized carbons (Fsp3) is 0.263. The number of aromatic nitrogens is 2. The summed E-state index contributed by atoms with van der Waals surface area (Å²) < 4.78 is 11.8. The van der Waals surface area contributed by atoms with Crippen LogP contribution in [0.2, 0.25) is 0 Å². The Labute approximate surface area is 149 Å². The molecular formula is C19H18N4O3. The van der Waals surface area contributed by atoms with Crippen molar-refractivity contribution >= 4 is 28.3 Å². The van der Waals surface area contributed by atoms with Gasteiger partial charge in [-0.05, 0) is 30.7 Å². The summed E-state index contributed by atoms with van der Waals surface area (Å²) in [5.74, 6) is 0.0823. The number of nitrogens with two attached hydrogens (primary N) is 1. The minimum absolute atomic E-state index is 0.0509. The van der Waals surface area contributed by atoms with E-state index < -0.39 is 5.91 Å². The largest absolute Gasteiger partial charge is 0.468 e. The summed E-state index contributed by atoms with van der Waals surface area (Å²) in [6.45, 7) is 1.14. The normalized spacial score (nSPS) is 21.8. The summed E-state index contributed by atoms with van der Waals surface area (Å²) in [5, 5.41) is 0.986. The number of pyridine rings is 1. The second kappa shape index (κ2) is 5.74. The molecule has 3 aromatic rings. The molecule has 2 aliphatic heterocycles. The van der Waals surface area contributed by atoms with Crippen molar-refractivity contribution in [3.8, 4) is 5.88 Å². The first-order chi connectivity index (χ1) is 12.7.